The van der Waals surface area contributed by atoms with Crippen LogP contribution in [-0.2, 0) is 11.3 Å². The van der Waals surface area contributed by atoms with Crippen molar-refractivity contribution < 1.29 is 18.5 Å². The molecule has 1 amide bonds. The Bertz CT molecular complexity index is 705. The van der Waals surface area contributed by atoms with E-state index in [0.29, 0.717) is 12.3 Å². The quantitative estimate of drug-likeness (QED) is 0.831. The lowest BCUT2D eigenvalue weighted by Gasteiger charge is -2.11. The second-order valence-corrected chi connectivity index (χ2v) is 5.56. The first-order valence-electron chi connectivity index (χ1n) is 7.36. The van der Waals surface area contributed by atoms with Gasteiger partial charge < -0.3 is 9.84 Å². The third kappa shape index (κ3) is 4.25. The van der Waals surface area contributed by atoms with Gasteiger partial charge in [-0.3, -0.25) is 9.59 Å². The van der Waals surface area contributed by atoms with Crippen molar-refractivity contribution in [3.63, 3.8) is 0 Å². The number of nitrogens with zero attached hydrogens (tertiary/aromatic N) is 1. The molecule has 2 rings (SSSR count). The number of Topliss-reactive ketones (excluding diaryl/α,β-unsaturated/α-hetero) is 1. The van der Waals surface area contributed by atoms with E-state index in [4.69, 9.17) is 4.52 Å². The summed E-state index contributed by atoms with van der Waals surface area (Å²) in [5.41, 5.74) is 1.84. The van der Waals surface area contributed by atoms with Gasteiger partial charge in [-0.2, -0.15) is 0 Å². The topological polar surface area (TPSA) is 72.2 Å². The maximum absolute atomic E-state index is 13.2. The van der Waals surface area contributed by atoms with Gasteiger partial charge >= 0.3 is 0 Å². The van der Waals surface area contributed by atoms with E-state index >= 15 is 0 Å². The molecule has 0 saturated heterocycles. The minimum absolute atomic E-state index is 0.0404. The van der Waals surface area contributed by atoms with Crippen molar-refractivity contribution in [3.05, 3.63) is 52.7 Å². The summed E-state index contributed by atoms with van der Waals surface area (Å²) in [6.45, 7) is 5.54. The number of nitrogens with one attached hydrogen (secondary N) is 1. The number of carbonyl (C=O) groups is 2. The number of benzene rings is 1. The molecule has 0 fully saturated rings. The number of amides is 1. The van der Waals surface area contributed by atoms with Crippen molar-refractivity contribution in [2.24, 2.45) is 5.92 Å². The molecule has 1 aromatic heterocycles. The number of carbonyl (C=O) groups excluding carboxylic acids is 2. The molecule has 23 heavy (non-hydrogen) atoms. The molecule has 0 saturated carbocycles. The zero-order chi connectivity index (χ0) is 17.0. The largest absolute Gasteiger partial charge is 0.361 e. The van der Waals surface area contributed by atoms with Gasteiger partial charge in [-0.05, 0) is 26.0 Å². The molecule has 0 spiro atoms. The van der Waals surface area contributed by atoms with E-state index in [0.717, 1.165) is 11.3 Å². The average molecular weight is 318 g/mol. The maximum Gasteiger partial charge on any atom is 0.220 e. The van der Waals surface area contributed by atoms with Gasteiger partial charge in [0.1, 0.15) is 11.6 Å². The van der Waals surface area contributed by atoms with Crippen molar-refractivity contribution in [3.8, 4) is 0 Å². The monoisotopic (exact) mass is 318 g/mol. The molecule has 0 bridgehead atoms. The van der Waals surface area contributed by atoms with Crippen molar-refractivity contribution in [2.75, 3.05) is 0 Å². The third-order valence-electron chi connectivity index (χ3n) is 3.69. The molecule has 0 aliphatic heterocycles. The zero-order valence-corrected chi connectivity index (χ0v) is 13.4. The Labute approximate surface area is 133 Å². The predicted octanol–water partition coefficient (Wildman–Crippen LogP) is 2.96. The molecule has 0 aliphatic rings. The molecule has 6 heteroatoms. The highest BCUT2D eigenvalue weighted by atomic mass is 19.1. The van der Waals surface area contributed by atoms with Crippen LogP contribution in [-0.4, -0.2) is 16.8 Å². The number of aryl methyl sites for hydroxylation is 2. The Kier molecular flexibility index (Phi) is 5.26. The summed E-state index contributed by atoms with van der Waals surface area (Å²) in [6.07, 6.45) is 0.0404. The van der Waals surface area contributed by atoms with Crippen LogP contribution in [0.4, 0.5) is 4.39 Å². The highest BCUT2D eigenvalue weighted by molar-refractivity contribution is 5.99. The molecule has 1 aromatic carbocycles. The molecule has 0 radical (unpaired) electrons. The van der Waals surface area contributed by atoms with E-state index in [-0.39, 0.29) is 23.7 Å². The number of halogens is 1. The number of aromatic nitrogens is 1. The first-order valence-corrected chi connectivity index (χ1v) is 7.36. The SMILES string of the molecule is Cc1noc(C)c1CNC(=O)C[C@H](C)C(=O)c1cccc(F)c1. The Morgan fingerprint density at radius 3 is 2.70 bits per heavy atom. The van der Waals surface area contributed by atoms with Crippen LogP contribution in [0.25, 0.3) is 0 Å². The fourth-order valence-electron chi connectivity index (χ4n) is 2.31. The second-order valence-electron chi connectivity index (χ2n) is 5.56. The first kappa shape index (κ1) is 16.9. The van der Waals surface area contributed by atoms with Crippen molar-refractivity contribution >= 4 is 11.7 Å². The van der Waals surface area contributed by atoms with Gasteiger partial charge in [0.15, 0.2) is 5.78 Å². The number of hydrogen-bond acceptors (Lipinski definition) is 4. The van der Waals surface area contributed by atoms with E-state index in [9.17, 15) is 14.0 Å². The van der Waals surface area contributed by atoms with Crippen LogP contribution in [0.2, 0.25) is 0 Å². The molecule has 1 N–H and O–H groups in total. The average Bonchev–Trinajstić information content (AvgIpc) is 2.83. The molecule has 0 aliphatic carbocycles. The van der Waals surface area contributed by atoms with Gasteiger partial charge in [0.25, 0.3) is 0 Å². The van der Waals surface area contributed by atoms with Crippen LogP contribution < -0.4 is 5.32 Å². The fraction of sp³-hybridized carbons (Fsp3) is 0.353. The third-order valence-corrected chi connectivity index (χ3v) is 3.69. The Morgan fingerprint density at radius 1 is 1.35 bits per heavy atom. The molecule has 5 nitrogen and oxygen atoms in total. The van der Waals surface area contributed by atoms with Gasteiger partial charge in [-0.1, -0.05) is 24.2 Å². The fourth-order valence-corrected chi connectivity index (χ4v) is 2.31. The number of rotatable bonds is 6. The second kappa shape index (κ2) is 7.17. The highest BCUT2D eigenvalue weighted by Gasteiger charge is 2.19. The maximum atomic E-state index is 13.2. The van der Waals surface area contributed by atoms with E-state index in [1.165, 1.54) is 18.2 Å². The Hall–Kier alpha value is -2.50. The van der Waals surface area contributed by atoms with E-state index in [1.54, 1.807) is 26.8 Å². The summed E-state index contributed by atoms with van der Waals surface area (Å²) in [5, 5.41) is 6.57. The van der Waals surface area contributed by atoms with Crippen LogP contribution in [0.15, 0.2) is 28.8 Å². The molecule has 2 aromatic rings. The lowest BCUT2D eigenvalue weighted by Crippen LogP contribution is -2.27. The van der Waals surface area contributed by atoms with Crippen LogP contribution in [0.1, 0.15) is 40.7 Å². The molecule has 122 valence electrons. The van der Waals surface area contributed by atoms with Gasteiger partial charge in [-0.25, -0.2) is 4.39 Å². The van der Waals surface area contributed by atoms with Crippen LogP contribution in [0.5, 0.6) is 0 Å². The molecular weight excluding hydrogens is 299 g/mol. The van der Waals surface area contributed by atoms with Gasteiger partial charge in [0.05, 0.1) is 5.69 Å². The first-order chi connectivity index (χ1) is 10.9. The molecular formula is C17H19FN2O3. The summed E-state index contributed by atoms with van der Waals surface area (Å²) in [6, 6.07) is 5.48. The van der Waals surface area contributed by atoms with Gasteiger partial charge in [0.2, 0.25) is 5.91 Å². The number of ketones is 1. The lowest BCUT2D eigenvalue weighted by molar-refractivity contribution is -0.121. The van der Waals surface area contributed by atoms with Crippen LogP contribution >= 0.6 is 0 Å². The van der Waals surface area contributed by atoms with Gasteiger partial charge in [-0.15, -0.1) is 0 Å². The summed E-state index contributed by atoms with van der Waals surface area (Å²) < 4.78 is 18.2. The highest BCUT2D eigenvalue weighted by Crippen LogP contribution is 2.15. The Balaban J connectivity index is 1.91. The number of hydrogen-bond donors (Lipinski definition) is 1. The normalized spacial score (nSPS) is 12.0. The molecule has 1 atom stereocenters. The van der Waals surface area contributed by atoms with Crippen LogP contribution in [0, 0.1) is 25.6 Å². The standard InChI is InChI=1S/C17H19FN2O3/c1-10(17(22)13-5-4-6-14(18)8-13)7-16(21)19-9-15-11(2)20-23-12(15)3/h4-6,8,10H,7,9H2,1-3H3,(H,19,21)/t10-/m0/s1. The van der Waals surface area contributed by atoms with Crippen molar-refractivity contribution in [1.29, 1.82) is 0 Å². The molecule has 1 heterocycles. The van der Waals surface area contributed by atoms with E-state index in [2.05, 4.69) is 10.5 Å². The minimum atomic E-state index is -0.526. The van der Waals surface area contributed by atoms with Crippen molar-refractivity contribution in [1.82, 2.24) is 10.5 Å². The van der Waals surface area contributed by atoms with E-state index in [1.807, 2.05) is 0 Å². The molecule has 0 unspecified atom stereocenters. The van der Waals surface area contributed by atoms with Crippen LogP contribution in [0.3, 0.4) is 0 Å². The summed E-state index contributed by atoms with van der Waals surface area (Å²) >= 11 is 0. The summed E-state index contributed by atoms with van der Waals surface area (Å²) in [5.74, 6) is -0.835. The summed E-state index contributed by atoms with van der Waals surface area (Å²) in [4.78, 5) is 24.2. The predicted molar refractivity (Wildman–Crippen MR) is 82.3 cm³/mol. The zero-order valence-electron chi connectivity index (χ0n) is 13.4. The minimum Gasteiger partial charge on any atom is -0.361 e. The smallest absolute Gasteiger partial charge is 0.220 e. The van der Waals surface area contributed by atoms with Crippen molar-refractivity contribution in [2.45, 2.75) is 33.7 Å². The summed E-state index contributed by atoms with van der Waals surface area (Å²) in [7, 11) is 0. The Morgan fingerprint density at radius 2 is 2.09 bits per heavy atom. The van der Waals surface area contributed by atoms with E-state index < -0.39 is 11.7 Å². The van der Waals surface area contributed by atoms with Gasteiger partial charge in [0, 0.05) is 30.0 Å². The lowest BCUT2D eigenvalue weighted by atomic mass is 9.96.